The van der Waals surface area contributed by atoms with Crippen LogP contribution in [0.4, 0.5) is 0 Å². The zero-order valence-corrected chi connectivity index (χ0v) is 8.51. The molecule has 0 unspecified atom stereocenters. The van der Waals surface area contributed by atoms with Crippen LogP contribution >= 0.6 is 0 Å². The van der Waals surface area contributed by atoms with E-state index in [4.69, 9.17) is 9.47 Å². The van der Waals surface area contributed by atoms with E-state index < -0.39 is 5.79 Å². The van der Waals surface area contributed by atoms with Crippen LogP contribution in [0.5, 0.6) is 0 Å². The maximum absolute atomic E-state index is 9.79. The van der Waals surface area contributed by atoms with E-state index >= 15 is 0 Å². The first-order chi connectivity index (χ1) is 6.57. The van der Waals surface area contributed by atoms with Gasteiger partial charge in [-0.25, -0.2) is 0 Å². The van der Waals surface area contributed by atoms with Gasteiger partial charge in [-0.2, -0.15) is 0 Å². The highest BCUT2D eigenvalue weighted by Gasteiger charge is 2.55. The summed E-state index contributed by atoms with van der Waals surface area (Å²) >= 11 is 0. The van der Waals surface area contributed by atoms with Gasteiger partial charge in [0.15, 0.2) is 5.79 Å². The van der Waals surface area contributed by atoms with Gasteiger partial charge >= 0.3 is 0 Å². The molecule has 3 aliphatic rings. The summed E-state index contributed by atoms with van der Waals surface area (Å²) in [4.78, 5) is 0. The highest BCUT2D eigenvalue weighted by Crippen LogP contribution is 2.48. The second kappa shape index (κ2) is 2.60. The Morgan fingerprint density at radius 1 is 1.21 bits per heavy atom. The lowest BCUT2D eigenvalue weighted by atomic mass is 9.92. The van der Waals surface area contributed by atoms with E-state index in [-0.39, 0.29) is 24.2 Å². The Labute approximate surface area is 83.7 Å². The van der Waals surface area contributed by atoms with Crippen LogP contribution in [0.25, 0.3) is 0 Å². The van der Waals surface area contributed by atoms with Gasteiger partial charge in [0.1, 0.15) is 0 Å². The van der Waals surface area contributed by atoms with Gasteiger partial charge in [0.2, 0.25) is 0 Å². The number of hydrogen-bond donors (Lipinski definition) is 1. The number of aliphatic hydroxyl groups excluding tert-OH is 1. The van der Waals surface area contributed by atoms with Crippen LogP contribution in [-0.2, 0) is 9.47 Å². The lowest BCUT2D eigenvalue weighted by Gasteiger charge is -2.26. The Morgan fingerprint density at radius 3 is 2.71 bits per heavy atom. The maximum atomic E-state index is 9.79. The summed E-state index contributed by atoms with van der Waals surface area (Å²) in [5.41, 5.74) is 0. The molecule has 0 radical (unpaired) electrons. The van der Waals surface area contributed by atoms with Crippen molar-refractivity contribution in [1.82, 2.24) is 0 Å². The topological polar surface area (TPSA) is 38.7 Å². The van der Waals surface area contributed by atoms with Gasteiger partial charge in [-0.3, -0.25) is 0 Å². The van der Waals surface area contributed by atoms with Crippen molar-refractivity contribution in [2.24, 2.45) is 11.8 Å². The Hall–Kier alpha value is -0.380. The molecule has 0 aromatic carbocycles. The van der Waals surface area contributed by atoms with Gasteiger partial charge < -0.3 is 14.6 Å². The second-order valence-electron chi connectivity index (χ2n) is 5.00. The summed E-state index contributed by atoms with van der Waals surface area (Å²) < 4.78 is 11.7. The molecule has 78 valence electrons. The van der Waals surface area contributed by atoms with Crippen molar-refractivity contribution in [2.75, 3.05) is 0 Å². The molecular formula is C11H16O3. The standard InChI is InChI=1S/C11H16O3/c1-11(2)13-9-6-3-4-8(12)7(5-6)10(9)14-11/h3-4,6-10,12H,5H2,1-2H3/t6-,7-,8-,9+,10-/m0/s1. The Balaban J connectivity index is 1.91. The summed E-state index contributed by atoms with van der Waals surface area (Å²) in [5, 5.41) is 9.79. The summed E-state index contributed by atoms with van der Waals surface area (Å²) in [7, 11) is 0. The average molecular weight is 196 g/mol. The molecule has 1 aliphatic heterocycles. The quantitative estimate of drug-likeness (QED) is 0.589. The molecule has 14 heavy (non-hydrogen) atoms. The average Bonchev–Trinajstić information content (AvgIpc) is 2.53. The molecule has 3 rings (SSSR count). The number of rotatable bonds is 0. The molecule has 2 bridgehead atoms. The molecule has 1 heterocycles. The highest BCUT2D eigenvalue weighted by molar-refractivity contribution is 5.15. The third-order valence-electron chi connectivity index (χ3n) is 3.55. The molecular weight excluding hydrogens is 180 g/mol. The van der Waals surface area contributed by atoms with Gasteiger partial charge in [0, 0.05) is 11.8 Å². The lowest BCUT2D eigenvalue weighted by molar-refractivity contribution is -0.163. The van der Waals surface area contributed by atoms with E-state index in [0.29, 0.717) is 5.92 Å². The van der Waals surface area contributed by atoms with Gasteiger partial charge in [0.25, 0.3) is 0 Å². The minimum Gasteiger partial charge on any atom is -0.389 e. The zero-order valence-electron chi connectivity index (χ0n) is 8.51. The van der Waals surface area contributed by atoms with Crippen molar-refractivity contribution in [1.29, 1.82) is 0 Å². The fraction of sp³-hybridized carbons (Fsp3) is 0.818. The van der Waals surface area contributed by atoms with Gasteiger partial charge in [-0.1, -0.05) is 12.2 Å². The van der Waals surface area contributed by atoms with Crippen molar-refractivity contribution in [3.8, 4) is 0 Å². The third kappa shape index (κ3) is 1.09. The fourth-order valence-corrected chi connectivity index (χ4v) is 2.98. The van der Waals surface area contributed by atoms with E-state index in [9.17, 15) is 5.11 Å². The van der Waals surface area contributed by atoms with Gasteiger partial charge in [0.05, 0.1) is 18.3 Å². The van der Waals surface area contributed by atoms with E-state index in [0.717, 1.165) is 6.42 Å². The molecule has 2 fully saturated rings. The van der Waals surface area contributed by atoms with Crippen molar-refractivity contribution in [2.45, 2.75) is 44.4 Å². The van der Waals surface area contributed by atoms with Crippen LogP contribution in [0.2, 0.25) is 0 Å². The Bertz CT molecular complexity index is 284. The maximum Gasteiger partial charge on any atom is 0.163 e. The molecule has 1 saturated heterocycles. The summed E-state index contributed by atoms with van der Waals surface area (Å²) in [5.74, 6) is 0.198. The molecule has 1 saturated carbocycles. The summed E-state index contributed by atoms with van der Waals surface area (Å²) in [6, 6.07) is 0. The van der Waals surface area contributed by atoms with Crippen LogP contribution in [-0.4, -0.2) is 29.2 Å². The highest BCUT2D eigenvalue weighted by atomic mass is 16.8. The Kier molecular flexibility index (Phi) is 1.65. The Morgan fingerprint density at radius 2 is 1.93 bits per heavy atom. The molecule has 1 N–H and O–H groups in total. The van der Waals surface area contributed by atoms with Crippen LogP contribution in [0.15, 0.2) is 12.2 Å². The normalized spacial score (nSPS) is 53.5. The monoisotopic (exact) mass is 196 g/mol. The largest absolute Gasteiger partial charge is 0.389 e. The van der Waals surface area contributed by atoms with Crippen molar-refractivity contribution in [3.05, 3.63) is 12.2 Å². The smallest absolute Gasteiger partial charge is 0.163 e. The van der Waals surface area contributed by atoms with Gasteiger partial charge in [-0.05, 0) is 20.3 Å². The molecule has 0 aromatic heterocycles. The molecule has 3 nitrogen and oxygen atoms in total. The first kappa shape index (κ1) is 8.89. The van der Waals surface area contributed by atoms with Crippen LogP contribution in [0.3, 0.4) is 0 Å². The van der Waals surface area contributed by atoms with Crippen LogP contribution in [0, 0.1) is 11.8 Å². The molecule has 2 aliphatic carbocycles. The predicted molar refractivity (Wildman–Crippen MR) is 50.6 cm³/mol. The van der Waals surface area contributed by atoms with Gasteiger partial charge in [-0.15, -0.1) is 0 Å². The van der Waals surface area contributed by atoms with Crippen molar-refractivity contribution < 1.29 is 14.6 Å². The van der Waals surface area contributed by atoms with E-state index in [2.05, 4.69) is 6.08 Å². The fourth-order valence-electron chi connectivity index (χ4n) is 2.98. The number of fused-ring (bicyclic) bond motifs is 5. The molecule has 5 atom stereocenters. The van der Waals surface area contributed by atoms with Crippen LogP contribution in [0.1, 0.15) is 20.3 Å². The number of hydrogen-bond acceptors (Lipinski definition) is 3. The molecule has 0 aromatic rings. The molecule has 3 heteroatoms. The summed E-state index contributed by atoms with van der Waals surface area (Å²) in [6.07, 6.45) is 4.86. The molecule has 0 amide bonds. The summed E-state index contributed by atoms with van der Waals surface area (Å²) in [6.45, 7) is 3.88. The predicted octanol–water partition coefficient (Wildman–Crippen LogP) is 1.07. The first-order valence-electron chi connectivity index (χ1n) is 5.29. The minimum atomic E-state index is -0.475. The van der Waals surface area contributed by atoms with Crippen LogP contribution < -0.4 is 0 Å². The van der Waals surface area contributed by atoms with E-state index in [1.807, 2.05) is 19.9 Å². The van der Waals surface area contributed by atoms with Crippen molar-refractivity contribution in [3.63, 3.8) is 0 Å². The third-order valence-corrected chi connectivity index (χ3v) is 3.55. The zero-order chi connectivity index (χ0) is 9.92. The number of aliphatic hydroxyl groups is 1. The van der Waals surface area contributed by atoms with E-state index in [1.165, 1.54) is 0 Å². The first-order valence-corrected chi connectivity index (χ1v) is 5.29. The molecule has 0 spiro atoms. The SMILES string of the molecule is CC1(C)O[C@H]2[C@H]3C[C@H](C=C[C@@H]3O)[C@H]2O1. The lowest BCUT2D eigenvalue weighted by Crippen LogP contribution is -2.31. The van der Waals surface area contributed by atoms with E-state index in [1.54, 1.807) is 0 Å². The second-order valence-corrected chi connectivity index (χ2v) is 5.00. The van der Waals surface area contributed by atoms with Crippen molar-refractivity contribution >= 4 is 0 Å². The number of ether oxygens (including phenoxy) is 2. The minimum absolute atomic E-state index is 0.0833.